The Morgan fingerprint density at radius 2 is 1.55 bits per heavy atom. The van der Waals surface area contributed by atoms with Crippen LogP contribution in [0.25, 0.3) is 0 Å². The van der Waals surface area contributed by atoms with Crippen molar-refractivity contribution >= 4 is 43.9 Å². The van der Waals surface area contributed by atoms with Crippen LogP contribution in [-0.4, -0.2) is 43.3 Å². The third-order valence-corrected chi connectivity index (χ3v) is 7.09. The van der Waals surface area contributed by atoms with Crippen LogP contribution in [0.4, 0.5) is 5.00 Å². The molecular formula is C23H32N4O4S2. The monoisotopic (exact) mass is 492 g/mol. The van der Waals surface area contributed by atoms with Gasteiger partial charge in [-0.25, -0.2) is 13.8 Å². The molecule has 0 bridgehead atoms. The number of thiophene rings is 1. The Kier molecular flexibility index (Phi) is 9.33. The van der Waals surface area contributed by atoms with Crippen molar-refractivity contribution in [3.8, 4) is 0 Å². The molecular weight excluding hydrogens is 460 g/mol. The lowest BCUT2D eigenvalue weighted by molar-refractivity contribution is 0.0956. The van der Waals surface area contributed by atoms with E-state index in [9.17, 15) is 18.0 Å². The summed E-state index contributed by atoms with van der Waals surface area (Å²) in [7, 11) is -3.68. The van der Waals surface area contributed by atoms with Gasteiger partial charge in [-0.05, 0) is 61.4 Å². The minimum absolute atomic E-state index is 0.143. The number of carbonyl (C=O) groups is 2. The number of sulfonamides is 1. The Balaban J connectivity index is 2.19. The number of hydrogen-bond donors (Lipinski definition) is 2. The number of anilines is 1. The zero-order valence-corrected chi connectivity index (χ0v) is 21.5. The summed E-state index contributed by atoms with van der Waals surface area (Å²) in [6.45, 7) is 12.3. The lowest BCUT2D eigenvalue weighted by atomic mass is 10.2. The quantitative estimate of drug-likeness (QED) is 0.378. The van der Waals surface area contributed by atoms with Crippen molar-refractivity contribution in [2.24, 2.45) is 16.9 Å². The van der Waals surface area contributed by atoms with Crippen LogP contribution in [0, 0.1) is 11.8 Å². The van der Waals surface area contributed by atoms with Gasteiger partial charge in [-0.2, -0.15) is 9.41 Å². The van der Waals surface area contributed by atoms with Gasteiger partial charge in [0.15, 0.2) is 0 Å². The predicted molar refractivity (Wildman–Crippen MR) is 133 cm³/mol. The van der Waals surface area contributed by atoms with Gasteiger partial charge in [0, 0.05) is 24.4 Å². The molecule has 8 nitrogen and oxygen atoms in total. The van der Waals surface area contributed by atoms with Gasteiger partial charge in [-0.3, -0.25) is 9.59 Å². The summed E-state index contributed by atoms with van der Waals surface area (Å²) in [6, 6.07) is 7.44. The van der Waals surface area contributed by atoms with Gasteiger partial charge in [0.1, 0.15) is 5.00 Å². The maximum atomic E-state index is 13.1. The van der Waals surface area contributed by atoms with Gasteiger partial charge in [-0.1, -0.05) is 27.7 Å². The van der Waals surface area contributed by atoms with Crippen LogP contribution in [-0.2, 0) is 10.0 Å². The molecule has 2 amide bonds. The first-order valence-electron chi connectivity index (χ1n) is 10.7. The van der Waals surface area contributed by atoms with Crippen LogP contribution in [0.5, 0.6) is 0 Å². The maximum Gasteiger partial charge on any atom is 0.274 e. The molecule has 0 saturated carbocycles. The number of rotatable bonds is 10. The standard InChI is InChI=1S/C23H32N4O4S2/c1-15(2)13-27(14-16(3)4)33(30,31)19-9-7-18(8-10-19)21(28)24-23-20(11-12-32-23)22(29)26-25-17(5)6/h7-12,15-16H,13-14H2,1-6H3,(H,24,28)(H,26,29). The van der Waals surface area contributed by atoms with Gasteiger partial charge in [0.2, 0.25) is 10.0 Å². The SMILES string of the molecule is CC(C)=NNC(=O)c1ccsc1NC(=O)c1ccc(S(=O)(=O)N(CC(C)C)CC(C)C)cc1. The lowest BCUT2D eigenvalue weighted by Crippen LogP contribution is -2.37. The summed E-state index contributed by atoms with van der Waals surface area (Å²) in [6.07, 6.45) is 0. The summed E-state index contributed by atoms with van der Waals surface area (Å²) in [5.41, 5.74) is 3.72. The second kappa shape index (κ2) is 11.5. The van der Waals surface area contributed by atoms with E-state index in [2.05, 4.69) is 15.8 Å². The molecule has 0 saturated heterocycles. The molecule has 2 rings (SSSR count). The summed E-state index contributed by atoms with van der Waals surface area (Å²) in [5, 5.41) is 8.69. The van der Waals surface area contributed by atoms with Gasteiger partial charge in [0.05, 0.1) is 10.5 Å². The number of carbonyl (C=O) groups excluding carboxylic acids is 2. The normalized spacial score (nSPS) is 11.7. The highest BCUT2D eigenvalue weighted by Crippen LogP contribution is 2.25. The first kappa shape index (κ1) is 26.7. The molecule has 2 aromatic rings. The van der Waals surface area contributed by atoms with Crippen LogP contribution in [0.3, 0.4) is 0 Å². The first-order chi connectivity index (χ1) is 15.4. The molecule has 10 heteroatoms. The molecule has 1 heterocycles. The largest absolute Gasteiger partial charge is 0.313 e. The molecule has 2 N–H and O–H groups in total. The highest BCUT2D eigenvalue weighted by Gasteiger charge is 2.26. The van der Waals surface area contributed by atoms with E-state index in [1.807, 2.05) is 27.7 Å². The third kappa shape index (κ3) is 7.48. The van der Waals surface area contributed by atoms with Gasteiger partial charge in [-0.15, -0.1) is 11.3 Å². The zero-order chi connectivity index (χ0) is 24.8. The van der Waals surface area contributed by atoms with Crippen molar-refractivity contribution in [2.45, 2.75) is 46.4 Å². The summed E-state index contributed by atoms with van der Waals surface area (Å²) < 4.78 is 27.8. The molecule has 0 atom stereocenters. The number of nitrogens with one attached hydrogen (secondary N) is 2. The summed E-state index contributed by atoms with van der Waals surface area (Å²) >= 11 is 1.21. The van der Waals surface area contributed by atoms with Crippen LogP contribution in [0.1, 0.15) is 62.3 Å². The molecule has 0 fully saturated rings. The Hall–Kier alpha value is -2.56. The minimum atomic E-state index is -3.68. The number of hydrazone groups is 1. The van der Waals surface area contributed by atoms with Gasteiger partial charge < -0.3 is 5.32 Å². The van der Waals surface area contributed by atoms with Crippen LogP contribution in [0.15, 0.2) is 45.7 Å². The predicted octanol–water partition coefficient (Wildman–Crippen LogP) is 4.43. The van der Waals surface area contributed by atoms with Crippen molar-refractivity contribution in [2.75, 3.05) is 18.4 Å². The van der Waals surface area contributed by atoms with Crippen LogP contribution < -0.4 is 10.7 Å². The topological polar surface area (TPSA) is 108 Å². The zero-order valence-electron chi connectivity index (χ0n) is 19.9. The minimum Gasteiger partial charge on any atom is -0.313 e. The number of hydrogen-bond acceptors (Lipinski definition) is 6. The summed E-state index contributed by atoms with van der Waals surface area (Å²) in [5.74, 6) is -0.489. The molecule has 0 aliphatic rings. The second-order valence-corrected chi connectivity index (χ2v) is 11.6. The average Bonchev–Trinajstić information content (AvgIpc) is 3.19. The van der Waals surface area contributed by atoms with Gasteiger partial charge in [0.25, 0.3) is 11.8 Å². The molecule has 1 aromatic heterocycles. The van der Waals surface area contributed by atoms with E-state index in [0.29, 0.717) is 29.4 Å². The van der Waals surface area contributed by atoms with E-state index in [1.165, 1.54) is 39.9 Å². The molecule has 0 spiro atoms. The smallest absolute Gasteiger partial charge is 0.274 e. The van der Waals surface area contributed by atoms with E-state index in [-0.39, 0.29) is 22.3 Å². The number of amides is 2. The van der Waals surface area contributed by atoms with Crippen LogP contribution >= 0.6 is 11.3 Å². The second-order valence-electron chi connectivity index (χ2n) is 8.75. The van der Waals surface area contributed by atoms with E-state index >= 15 is 0 Å². The molecule has 0 radical (unpaired) electrons. The van der Waals surface area contributed by atoms with Crippen molar-refractivity contribution in [1.29, 1.82) is 0 Å². The van der Waals surface area contributed by atoms with E-state index < -0.39 is 21.8 Å². The molecule has 0 unspecified atom stereocenters. The van der Waals surface area contributed by atoms with Crippen molar-refractivity contribution in [3.05, 3.63) is 46.8 Å². The summed E-state index contributed by atoms with van der Waals surface area (Å²) in [4.78, 5) is 25.1. The maximum absolute atomic E-state index is 13.1. The van der Waals surface area contributed by atoms with Gasteiger partial charge >= 0.3 is 0 Å². The van der Waals surface area contributed by atoms with E-state index in [4.69, 9.17) is 0 Å². The highest BCUT2D eigenvalue weighted by molar-refractivity contribution is 7.89. The van der Waals surface area contributed by atoms with Crippen LogP contribution in [0.2, 0.25) is 0 Å². The van der Waals surface area contributed by atoms with Crippen molar-refractivity contribution in [1.82, 2.24) is 9.73 Å². The molecule has 1 aromatic carbocycles. The molecule has 0 aliphatic carbocycles. The molecule has 0 aliphatic heterocycles. The first-order valence-corrected chi connectivity index (χ1v) is 13.0. The molecule has 180 valence electrons. The molecule has 33 heavy (non-hydrogen) atoms. The Bertz CT molecular complexity index is 1090. The lowest BCUT2D eigenvalue weighted by Gasteiger charge is -2.25. The Morgan fingerprint density at radius 3 is 2.06 bits per heavy atom. The van der Waals surface area contributed by atoms with Crippen molar-refractivity contribution in [3.63, 3.8) is 0 Å². The Morgan fingerprint density at radius 1 is 0.970 bits per heavy atom. The fourth-order valence-corrected chi connectivity index (χ4v) is 5.54. The van der Waals surface area contributed by atoms with Crippen molar-refractivity contribution < 1.29 is 18.0 Å². The average molecular weight is 493 g/mol. The fourth-order valence-electron chi connectivity index (χ4n) is 3.00. The third-order valence-electron chi connectivity index (χ3n) is 4.41. The number of benzene rings is 1. The Labute approximate surface area is 200 Å². The highest BCUT2D eigenvalue weighted by atomic mass is 32.2. The van der Waals surface area contributed by atoms with E-state index in [1.54, 1.807) is 25.3 Å². The van der Waals surface area contributed by atoms with E-state index in [0.717, 1.165) is 0 Å². The number of nitrogens with zero attached hydrogens (tertiary/aromatic N) is 2. The fraction of sp³-hybridized carbons (Fsp3) is 0.435.